The molecular formula is C14H23NO. The first-order valence-corrected chi connectivity index (χ1v) is 5.67. The van der Waals surface area contributed by atoms with Crippen LogP contribution in [0.1, 0.15) is 52.7 Å². The summed E-state index contributed by atoms with van der Waals surface area (Å²) in [6.45, 7) is 12.7. The molecule has 0 saturated carbocycles. The van der Waals surface area contributed by atoms with E-state index in [9.17, 15) is 5.11 Å². The molecule has 0 heterocycles. The SMILES string of the molecule is CC(C)(C)c1cc(N)c(O)c(C(C)(C)C)c1. The first kappa shape index (κ1) is 12.9. The molecule has 2 nitrogen and oxygen atoms in total. The molecule has 0 aliphatic rings. The second kappa shape index (κ2) is 3.69. The highest BCUT2D eigenvalue weighted by Crippen LogP contribution is 2.38. The Balaban J connectivity index is 3.46. The lowest BCUT2D eigenvalue weighted by Crippen LogP contribution is -2.17. The normalized spacial score (nSPS) is 12.9. The number of phenols is 1. The van der Waals surface area contributed by atoms with Crippen molar-refractivity contribution in [1.82, 2.24) is 0 Å². The highest BCUT2D eigenvalue weighted by Gasteiger charge is 2.23. The monoisotopic (exact) mass is 221 g/mol. The molecule has 1 aromatic carbocycles. The molecule has 0 unspecified atom stereocenters. The zero-order valence-electron chi connectivity index (χ0n) is 11.2. The van der Waals surface area contributed by atoms with Gasteiger partial charge in [0.15, 0.2) is 0 Å². The fourth-order valence-corrected chi connectivity index (χ4v) is 1.66. The molecule has 0 amide bonds. The van der Waals surface area contributed by atoms with Gasteiger partial charge in [-0.2, -0.15) is 0 Å². The number of benzene rings is 1. The van der Waals surface area contributed by atoms with Gasteiger partial charge in [-0.25, -0.2) is 0 Å². The molecule has 90 valence electrons. The van der Waals surface area contributed by atoms with Crippen molar-refractivity contribution in [3.05, 3.63) is 23.3 Å². The number of hydrogen-bond donors (Lipinski definition) is 2. The Morgan fingerprint density at radius 1 is 0.938 bits per heavy atom. The van der Waals surface area contributed by atoms with Gasteiger partial charge in [0, 0.05) is 5.56 Å². The van der Waals surface area contributed by atoms with E-state index in [1.165, 1.54) is 0 Å². The highest BCUT2D eigenvalue weighted by atomic mass is 16.3. The molecule has 16 heavy (non-hydrogen) atoms. The van der Waals surface area contributed by atoms with Crippen LogP contribution in [0.5, 0.6) is 5.75 Å². The van der Waals surface area contributed by atoms with Gasteiger partial charge in [0.2, 0.25) is 0 Å². The molecule has 0 fully saturated rings. The van der Waals surface area contributed by atoms with E-state index in [0.717, 1.165) is 11.1 Å². The molecule has 0 atom stereocenters. The van der Waals surface area contributed by atoms with E-state index in [-0.39, 0.29) is 16.6 Å². The predicted octanol–water partition coefficient (Wildman–Crippen LogP) is 3.57. The summed E-state index contributed by atoms with van der Waals surface area (Å²) < 4.78 is 0. The molecule has 0 aliphatic heterocycles. The predicted molar refractivity (Wildman–Crippen MR) is 69.9 cm³/mol. The first-order chi connectivity index (χ1) is 7.03. The summed E-state index contributed by atoms with van der Waals surface area (Å²) in [5.41, 5.74) is 8.35. The second-order valence-electron chi connectivity index (χ2n) is 6.46. The van der Waals surface area contributed by atoms with Gasteiger partial charge < -0.3 is 10.8 Å². The Morgan fingerprint density at radius 2 is 1.44 bits per heavy atom. The van der Waals surface area contributed by atoms with Crippen molar-refractivity contribution in [3.63, 3.8) is 0 Å². The summed E-state index contributed by atoms with van der Waals surface area (Å²) in [7, 11) is 0. The van der Waals surface area contributed by atoms with Crippen LogP contribution in [0.25, 0.3) is 0 Å². The smallest absolute Gasteiger partial charge is 0.142 e. The lowest BCUT2D eigenvalue weighted by atomic mass is 9.80. The number of hydrogen-bond acceptors (Lipinski definition) is 2. The quantitative estimate of drug-likeness (QED) is 0.519. The van der Waals surface area contributed by atoms with Crippen molar-refractivity contribution < 1.29 is 5.11 Å². The number of nitrogens with two attached hydrogens (primary N) is 1. The minimum absolute atomic E-state index is 0.0435. The average molecular weight is 221 g/mol. The molecule has 1 aromatic rings. The fourth-order valence-electron chi connectivity index (χ4n) is 1.66. The van der Waals surface area contributed by atoms with Gasteiger partial charge in [-0.1, -0.05) is 47.6 Å². The van der Waals surface area contributed by atoms with Crippen LogP contribution in [-0.2, 0) is 10.8 Å². The van der Waals surface area contributed by atoms with Crippen molar-refractivity contribution in [3.8, 4) is 5.75 Å². The van der Waals surface area contributed by atoms with E-state index in [4.69, 9.17) is 5.73 Å². The van der Waals surface area contributed by atoms with Crippen LogP contribution >= 0.6 is 0 Å². The third-order valence-electron chi connectivity index (χ3n) is 2.81. The minimum Gasteiger partial charge on any atom is -0.505 e. The van der Waals surface area contributed by atoms with Gasteiger partial charge >= 0.3 is 0 Å². The van der Waals surface area contributed by atoms with Crippen LogP contribution in [0.2, 0.25) is 0 Å². The van der Waals surface area contributed by atoms with Crippen molar-refractivity contribution in [2.45, 2.75) is 52.4 Å². The van der Waals surface area contributed by atoms with Crippen molar-refractivity contribution in [2.24, 2.45) is 0 Å². The third-order valence-corrected chi connectivity index (χ3v) is 2.81. The Kier molecular flexibility index (Phi) is 2.97. The third kappa shape index (κ3) is 2.49. The van der Waals surface area contributed by atoms with Gasteiger partial charge in [0.1, 0.15) is 5.75 Å². The van der Waals surface area contributed by atoms with Gasteiger partial charge in [0.05, 0.1) is 5.69 Å². The van der Waals surface area contributed by atoms with Crippen LogP contribution in [0.3, 0.4) is 0 Å². The Bertz CT molecular complexity index is 394. The summed E-state index contributed by atoms with van der Waals surface area (Å²) in [6.07, 6.45) is 0. The second-order valence-corrected chi connectivity index (χ2v) is 6.46. The van der Waals surface area contributed by atoms with E-state index in [1.807, 2.05) is 6.07 Å². The molecule has 0 radical (unpaired) electrons. The van der Waals surface area contributed by atoms with Gasteiger partial charge in [-0.05, 0) is 22.5 Å². The summed E-state index contributed by atoms with van der Waals surface area (Å²) in [5.74, 6) is 0.223. The van der Waals surface area contributed by atoms with Crippen LogP contribution in [0, 0.1) is 0 Å². The summed E-state index contributed by atoms with van der Waals surface area (Å²) in [5, 5.41) is 10.00. The topological polar surface area (TPSA) is 46.2 Å². The summed E-state index contributed by atoms with van der Waals surface area (Å²) in [6, 6.07) is 3.93. The maximum Gasteiger partial charge on any atom is 0.142 e. The minimum atomic E-state index is -0.0978. The number of phenolic OH excluding ortho intramolecular Hbond substituents is 1. The first-order valence-electron chi connectivity index (χ1n) is 5.67. The van der Waals surface area contributed by atoms with Crippen molar-refractivity contribution in [1.29, 1.82) is 0 Å². The van der Waals surface area contributed by atoms with E-state index >= 15 is 0 Å². The number of nitrogen functional groups attached to an aromatic ring is 1. The molecule has 1 rings (SSSR count). The maximum atomic E-state index is 10.00. The van der Waals surface area contributed by atoms with Crippen molar-refractivity contribution >= 4 is 5.69 Å². The lowest BCUT2D eigenvalue weighted by molar-refractivity contribution is 0.447. The number of aromatic hydroxyl groups is 1. The molecule has 0 saturated heterocycles. The molecule has 2 heteroatoms. The van der Waals surface area contributed by atoms with Gasteiger partial charge in [0.25, 0.3) is 0 Å². The van der Waals surface area contributed by atoms with Crippen molar-refractivity contribution in [2.75, 3.05) is 5.73 Å². The van der Waals surface area contributed by atoms with Gasteiger partial charge in [-0.3, -0.25) is 0 Å². The van der Waals surface area contributed by atoms with Crippen LogP contribution in [0.4, 0.5) is 5.69 Å². The summed E-state index contributed by atoms with van der Waals surface area (Å²) >= 11 is 0. The largest absolute Gasteiger partial charge is 0.505 e. The number of anilines is 1. The lowest BCUT2D eigenvalue weighted by Gasteiger charge is -2.26. The molecule has 0 bridgehead atoms. The summed E-state index contributed by atoms with van der Waals surface area (Å²) in [4.78, 5) is 0. The van der Waals surface area contributed by atoms with Gasteiger partial charge in [-0.15, -0.1) is 0 Å². The van der Waals surface area contributed by atoms with Crippen LogP contribution in [-0.4, -0.2) is 5.11 Å². The van der Waals surface area contributed by atoms with Crippen LogP contribution < -0.4 is 5.73 Å². The molecule has 0 aromatic heterocycles. The molecule has 0 aliphatic carbocycles. The molecule has 3 N–H and O–H groups in total. The Morgan fingerprint density at radius 3 is 1.81 bits per heavy atom. The average Bonchev–Trinajstić information content (AvgIpc) is 2.05. The molecule has 0 spiro atoms. The maximum absolute atomic E-state index is 10.00. The number of rotatable bonds is 0. The fraction of sp³-hybridized carbons (Fsp3) is 0.571. The highest BCUT2D eigenvalue weighted by molar-refractivity contribution is 5.60. The standard InChI is InChI=1S/C14H23NO/c1-13(2,3)9-7-10(14(4,5)6)12(16)11(15)8-9/h7-8,16H,15H2,1-6H3. The zero-order valence-corrected chi connectivity index (χ0v) is 11.2. The molecular weight excluding hydrogens is 198 g/mol. The van der Waals surface area contributed by atoms with E-state index in [1.54, 1.807) is 0 Å². The zero-order chi connectivity index (χ0) is 12.7. The van der Waals surface area contributed by atoms with Crippen LogP contribution in [0.15, 0.2) is 12.1 Å². The van der Waals surface area contributed by atoms with E-state index in [2.05, 4.69) is 47.6 Å². The Hall–Kier alpha value is -1.18. The van der Waals surface area contributed by atoms with E-state index < -0.39 is 0 Å². The Labute approximate surface area is 98.5 Å². The van der Waals surface area contributed by atoms with E-state index in [0.29, 0.717) is 5.69 Å².